The second-order valence-corrected chi connectivity index (χ2v) is 9.84. The Kier molecular flexibility index (Phi) is 6.80. The van der Waals surface area contributed by atoms with Crippen LogP contribution < -0.4 is 15.1 Å². The summed E-state index contributed by atoms with van der Waals surface area (Å²) < 4.78 is 23.8. The fourth-order valence-corrected chi connectivity index (χ4v) is 5.41. The summed E-state index contributed by atoms with van der Waals surface area (Å²) in [5.74, 6) is -0.247. The maximum atomic E-state index is 12.5. The van der Waals surface area contributed by atoms with E-state index in [9.17, 15) is 13.2 Å². The highest BCUT2D eigenvalue weighted by Crippen LogP contribution is 2.47. The molecule has 0 unspecified atom stereocenters. The van der Waals surface area contributed by atoms with Crippen molar-refractivity contribution >= 4 is 39.1 Å². The Hall–Kier alpha value is -2.85. The molecule has 7 nitrogen and oxygen atoms in total. The number of para-hydroxylation sites is 2. The zero-order valence-corrected chi connectivity index (χ0v) is 19.1. The summed E-state index contributed by atoms with van der Waals surface area (Å²) in [6.45, 7) is 1.26. The van der Waals surface area contributed by atoms with E-state index in [0.717, 1.165) is 13.0 Å². The van der Waals surface area contributed by atoms with Gasteiger partial charge < -0.3 is 10.2 Å². The lowest BCUT2D eigenvalue weighted by molar-refractivity contribution is 0.0953. The molecule has 1 aliphatic rings. The Labute approximate surface area is 191 Å². The third-order valence-electron chi connectivity index (χ3n) is 5.00. The summed E-state index contributed by atoms with van der Waals surface area (Å²) in [5.41, 5.74) is 2.74. The molecule has 1 aliphatic heterocycles. The lowest BCUT2D eigenvalue weighted by Crippen LogP contribution is -2.29. The molecule has 3 aromatic carbocycles. The van der Waals surface area contributed by atoms with Crippen LogP contribution in [0, 0.1) is 0 Å². The molecule has 0 radical (unpaired) electrons. The molecule has 0 atom stereocenters. The zero-order valence-electron chi connectivity index (χ0n) is 17.4. The largest absolute Gasteiger partial charge is 0.352 e. The molecule has 166 valence electrons. The SMILES string of the molecule is CONS(=O)(=O)c1ccc(C(=O)NCCCN2c3ccccc3Sc3ccccc32)cc1. The molecule has 3 aromatic rings. The summed E-state index contributed by atoms with van der Waals surface area (Å²) in [4.78, 5) is 23.6. The first kappa shape index (κ1) is 22.3. The maximum absolute atomic E-state index is 12.5. The van der Waals surface area contributed by atoms with Gasteiger partial charge in [0, 0.05) is 28.4 Å². The van der Waals surface area contributed by atoms with E-state index in [4.69, 9.17) is 0 Å². The molecule has 1 amide bonds. The highest BCUT2D eigenvalue weighted by molar-refractivity contribution is 7.99. The number of amides is 1. The van der Waals surface area contributed by atoms with Crippen LogP contribution in [0.3, 0.4) is 0 Å². The van der Waals surface area contributed by atoms with Crippen LogP contribution in [-0.4, -0.2) is 34.5 Å². The minimum Gasteiger partial charge on any atom is -0.352 e. The Morgan fingerprint density at radius 1 is 0.938 bits per heavy atom. The second kappa shape index (κ2) is 9.74. The van der Waals surface area contributed by atoms with Gasteiger partial charge in [0.2, 0.25) is 0 Å². The lowest BCUT2D eigenvalue weighted by atomic mass is 10.2. The zero-order chi connectivity index (χ0) is 22.6. The highest BCUT2D eigenvalue weighted by Gasteiger charge is 2.22. The summed E-state index contributed by atoms with van der Waals surface area (Å²) in [6.07, 6.45) is 0.753. The number of fused-ring (bicyclic) bond motifs is 2. The van der Waals surface area contributed by atoms with Crippen LogP contribution in [0.5, 0.6) is 0 Å². The number of hydrogen-bond donors (Lipinski definition) is 2. The van der Waals surface area contributed by atoms with Crippen LogP contribution in [0.15, 0.2) is 87.5 Å². The minimum absolute atomic E-state index is 0.0243. The predicted molar refractivity (Wildman–Crippen MR) is 125 cm³/mol. The van der Waals surface area contributed by atoms with Crippen LogP contribution >= 0.6 is 11.8 Å². The Bertz CT molecular complexity index is 1170. The third-order valence-corrected chi connectivity index (χ3v) is 7.41. The van der Waals surface area contributed by atoms with Gasteiger partial charge >= 0.3 is 0 Å². The molecule has 0 bridgehead atoms. The van der Waals surface area contributed by atoms with Gasteiger partial charge in [-0.05, 0) is 55.0 Å². The average molecular weight is 470 g/mol. The normalized spacial score (nSPS) is 12.7. The summed E-state index contributed by atoms with van der Waals surface area (Å²) in [6, 6.07) is 22.3. The van der Waals surface area contributed by atoms with E-state index in [1.54, 1.807) is 11.8 Å². The topological polar surface area (TPSA) is 87.7 Å². The van der Waals surface area contributed by atoms with Gasteiger partial charge in [0.15, 0.2) is 0 Å². The standard InChI is InChI=1S/C23H23N3O4S2/c1-30-25-32(28,29)18-13-11-17(12-14-18)23(27)24-15-6-16-26-19-7-2-4-9-21(19)31-22-10-5-3-8-20(22)26/h2-5,7-14,25H,6,15-16H2,1H3,(H,24,27). The monoisotopic (exact) mass is 469 g/mol. The molecule has 0 saturated carbocycles. The van der Waals surface area contributed by atoms with Crippen molar-refractivity contribution in [3.05, 3.63) is 78.4 Å². The number of carbonyl (C=O) groups is 1. The molecule has 0 aromatic heterocycles. The first-order valence-electron chi connectivity index (χ1n) is 10.1. The van der Waals surface area contributed by atoms with Crippen molar-refractivity contribution in [2.24, 2.45) is 0 Å². The number of sulfonamides is 1. The van der Waals surface area contributed by atoms with Gasteiger partial charge in [-0.1, -0.05) is 40.9 Å². The van der Waals surface area contributed by atoms with Gasteiger partial charge in [0.25, 0.3) is 15.9 Å². The molecule has 0 aliphatic carbocycles. The van der Waals surface area contributed by atoms with Gasteiger partial charge in [0.05, 0.1) is 23.4 Å². The fraction of sp³-hybridized carbons (Fsp3) is 0.174. The number of benzene rings is 3. The van der Waals surface area contributed by atoms with Crippen LogP contribution in [0.2, 0.25) is 0 Å². The van der Waals surface area contributed by atoms with E-state index >= 15 is 0 Å². The van der Waals surface area contributed by atoms with E-state index in [-0.39, 0.29) is 10.8 Å². The molecular formula is C23H23N3O4S2. The summed E-state index contributed by atoms with van der Waals surface area (Å²) in [7, 11) is -2.52. The van der Waals surface area contributed by atoms with Gasteiger partial charge in [0.1, 0.15) is 0 Å². The van der Waals surface area contributed by atoms with Crippen molar-refractivity contribution in [3.63, 3.8) is 0 Å². The van der Waals surface area contributed by atoms with Crippen LogP contribution in [0.4, 0.5) is 11.4 Å². The van der Waals surface area contributed by atoms with Crippen LogP contribution in [0.1, 0.15) is 16.8 Å². The molecule has 0 saturated heterocycles. The molecule has 1 heterocycles. The van der Waals surface area contributed by atoms with Crippen molar-refractivity contribution < 1.29 is 18.0 Å². The lowest BCUT2D eigenvalue weighted by Gasteiger charge is -2.32. The number of nitrogens with one attached hydrogen (secondary N) is 2. The quantitative estimate of drug-likeness (QED) is 0.384. The maximum Gasteiger partial charge on any atom is 0.262 e. The predicted octanol–water partition coefficient (Wildman–Crippen LogP) is 3.95. The summed E-state index contributed by atoms with van der Waals surface area (Å²) >= 11 is 1.77. The fourth-order valence-electron chi connectivity index (χ4n) is 3.51. The van der Waals surface area contributed by atoms with Crippen LogP contribution in [-0.2, 0) is 14.9 Å². The molecule has 9 heteroatoms. The Balaban J connectivity index is 1.36. The Morgan fingerprint density at radius 2 is 1.53 bits per heavy atom. The van der Waals surface area contributed by atoms with Crippen LogP contribution in [0.25, 0.3) is 0 Å². The summed E-state index contributed by atoms with van der Waals surface area (Å²) in [5, 5.41) is 2.91. The van der Waals surface area contributed by atoms with Gasteiger partial charge in [-0.2, -0.15) is 0 Å². The van der Waals surface area contributed by atoms with E-state index in [1.165, 1.54) is 52.5 Å². The van der Waals surface area contributed by atoms with E-state index in [1.807, 2.05) is 29.2 Å². The third kappa shape index (κ3) is 4.81. The Morgan fingerprint density at radius 3 is 2.12 bits per heavy atom. The molecule has 32 heavy (non-hydrogen) atoms. The van der Waals surface area contributed by atoms with Crippen molar-refractivity contribution in [1.29, 1.82) is 0 Å². The number of hydrogen-bond acceptors (Lipinski definition) is 6. The first-order valence-corrected chi connectivity index (χ1v) is 12.4. The number of anilines is 2. The van der Waals surface area contributed by atoms with Crippen molar-refractivity contribution in [2.75, 3.05) is 25.1 Å². The molecule has 2 N–H and O–H groups in total. The number of carbonyl (C=O) groups excluding carboxylic acids is 1. The van der Waals surface area contributed by atoms with Crippen molar-refractivity contribution in [3.8, 4) is 0 Å². The van der Waals surface area contributed by atoms with E-state index in [0.29, 0.717) is 12.1 Å². The van der Waals surface area contributed by atoms with E-state index in [2.05, 4.69) is 39.3 Å². The van der Waals surface area contributed by atoms with Crippen molar-refractivity contribution in [2.45, 2.75) is 21.1 Å². The second-order valence-electron chi connectivity index (χ2n) is 7.11. The van der Waals surface area contributed by atoms with Crippen molar-refractivity contribution in [1.82, 2.24) is 10.2 Å². The number of rotatable bonds is 8. The molecular weight excluding hydrogens is 446 g/mol. The average Bonchev–Trinajstić information content (AvgIpc) is 2.81. The molecule has 0 fully saturated rings. The molecule has 4 rings (SSSR count). The van der Waals surface area contributed by atoms with E-state index < -0.39 is 10.0 Å². The smallest absolute Gasteiger partial charge is 0.262 e. The van der Waals surface area contributed by atoms with Gasteiger partial charge in [-0.25, -0.2) is 8.42 Å². The molecule has 0 spiro atoms. The van der Waals surface area contributed by atoms with Gasteiger partial charge in [-0.15, -0.1) is 0 Å². The highest BCUT2D eigenvalue weighted by atomic mass is 32.2. The first-order chi connectivity index (χ1) is 15.5. The van der Waals surface area contributed by atoms with Gasteiger partial charge in [-0.3, -0.25) is 9.63 Å². The minimum atomic E-state index is -3.75. The number of nitrogens with zero attached hydrogens (tertiary/aromatic N) is 1.